The van der Waals surface area contributed by atoms with Crippen molar-refractivity contribution in [3.8, 4) is 0 Å². The number of thioether (sulfide) groups is 3. The number of allylic oxidation sites excluding steroid dienone is 4. The highest BCUT2D eigenvalue weighted by molar-refractivity contribution is 8.15. The first-order valence-electron chi connectivity index (χ1n) is 40.2. The summed E-state index contributed by atoms with van der Waals surface area (Å²) < 4.78 is 190. The zero-order valence-corrected chi connectivity index (χ0v) is 72.1. The lowest BCUT2D eigenvalue weighted by Gasteiger charge is -2.26. The van der Waals surface area contributed by atoms with E-state index in [1.54, 1.807) is 19.4 Å². The summed E-state index contributed by atoms with van der Waals surface area (Å²) in [6.45, 7) is 31.3. The summed E-state index contributed by atoms with van der Waals surface area (Å²) >= 11 is 3.81. The largest absolute Gasteiger partial charge is 0.479 e. The van der Waals surface area contributed by atoms with Gasteiger partial charge in [0.15, 0.2) is 29.8 Å². The van der Waals surface area contributed by atoms with Gasteiger partial charge in [-0.2, -0.15) is 65.9 Å². The van der Waals surface area contributed by atoms with E-state index in [1.165, 1.54) is 159 Å². The number of halogens is 15. The lowest BCUT2D eigenvalue weighted by Crippen LogP contribution is -2.31. The lowest BCUT2D eigenvalue weighted by atomic mass is 9.81. The number of aliphatic hydroxyl groups excluding tert-OH is 3. The first kappa shape index (κ1) is 106. The second-order valence-electron chi connectivity index (χ2n) is 30.6. The van der Waals surface area contributed by atoms with Gasteiger partial charge in [-0.1, -0.05) is 125 Å². The second-order valence-corrected chi connectivity index (χ2v) is 34.5. The van der Waals surface area contributed by atoms with E-state index >= 15 is 0 Å². The fourth-order valence-electron chi connectivity index (χ4n) is 13.0. The number of aliphatic hydroxyl groups is 3. The van der Waals surface area contributed by atoms with Gasteiger partial charge in [-0.15, -0.1) is 23.5 Å². The van der Waals surface area contributed by atoms with Crippen LogP contribution in [0, 0.1) is 47.3 Å². The summed E-state index contributed by atoms with van der Waals surface area (Å²) in [6.07, 6.45) is 9.84. The summed E-state index contributed by atoms with van der Waals surface area (Å²) in [5.74, 6) is 8.54. The standard InChI is InChI=1S/2C8H16O.C8H12.C7H14O.C7H12.3C5H6F3NO.2C5H6F3NS.C5H9N.2C4H7NO.C4H7NS/c2*1-7-4-2-3-5-8(7)6-9;1-6-4-7-2-3-8(6)5-7;1-6-4-2-3-5-7(6)8;1-7-5-3-2-4-6-7;1-3-9-4(2-10-3)5(6,7)8;1-3-9-2-4(10-3)5(6,7)8;1-3-2-4(10-9-3)5(6,7)8;1-3-9-4(2-10-3)5(6,7)8;1-3-9-2-4(10-3)5(6,7)8;1-5-3-2-4-6-5;1-4-5-2-3-6-4;1-4-2-3-6-5-4;1-4-5-2-3-6-4/h2*7-9H,2-6H2,1H3;2-3,6-8H,4-5H2,1H3;6-8H,2-5H2,1H3;5H,2-4,6H2,1H3;5*4H,2H2,1H3;2-4H2,1H3;3*2-3H2,1H3/t2*7?,8-;;6?,7-;;;;;;;;;;/m10.1........../s1. The number of hydrogen-bond donors (Lipinski definition) is 3. The quantitative estimate of drug-likeness (QED) is 0.174. The van der Waals surface area contributed by atoms with Crippen LogP contribution in [-0.2, 0) is 23.9 Å². The topological polar surface area (TPSA) is 218 Å². The molecule has 0 saturated heterocycles. The van der Waals surface area contributed by atoms with E-state index in [2.05, 4.69) is 131 Å². The van der Waals surface area contributed by atoms with Crippen LogP contribution in [0.1, 0.15) is 238 Å². The maximum Gasteiger partial charge on any atom is 0.428 e. The van der Waals surface area contributed by atoms with Gasteiger partial charge in [0, 0.05) is 77.1 Å². The lowest BCUT2D eigenvalue weighted by molar-refractivity contribution is -0.212. The molecule has 15 aliphatic rings. The molecular formula is C80H130F15N9O8S3. The van der Waals surface area contributed by atoms with Crippen LogP contribution in [0.5, 0.6) is 0 Å². The normalized spacial score (nSPS) is 29.1. The molecule has 666 valence electrons. The van der Waals surface area contributed by atoms with Gasteiger partial charge in [-0.05, 0) is 173 Å². The first-order chi connectivity index (χ1) is 53.8. The van der Waals surface area contributed by atoms with Gasteiger partial charge in [-0.25, -0.2) is 4.99 Å². The molecule has 4 saturated carbocycles. The van der Waals surface area contributed by atoms with E-state index in [0.717, 1.165) is 110 Å². The van der Waals surface area contributed by atoms with Crippen molar-refractivity contribution >= 4 is 85.2 Å². The smallest absolute Gasteiger partial charge is 0.428 e. The van der Waals surface area contributed by atoms with Crippen LogP contribution in [0.3, 0.4) is 0 Å². The number of fused-ring (bicyclic) bond motifs is 2. The van der Waals surface area contributed by atoms with Crippen LogP contribution in [0.2, 0.25) is 0 Å². The fraction of sp³-hybridized carbons (Fsp3) is 0.838. The van der Waals surface area contributed by atoms with Gasteiger partial charge in [0.1, 0.15) is 25.1 Å². The third kappa shape index (κ3) is 49.0. The van der Waals surface area contributed by atoms with Crippen molar-refractivity contribution in [1.29, 1.82) is 0 Å². The third-order valence-electron chi connectivity index (χ3n) is 20.4. The Labute approximate surface area is 685 Å². The molecule has 4 fully saturated rings. The molecule has 9 heterocycles. The van der Waals surface area contributed by atoms with E-state index in [4.69, 9.17) is 14.9 Å². The van der Waals surface area contributed by atoms with Crippen molar-refractivity contribution in [2.24, 2.45) is 92.6 Å². The summed E-state index contributed by atoms with van der Waals surface area (Å²) in [5, 5.41) is 34.7. The molecule has 11 unspecified atom stereocenters. The monoisotopic (exact) mass is 1730 g/mol. The van der Waals surface area contributed by atoms with E-state index in [0.29, 0.717) is 46.8 Å². The zero-order valence-electron chi connectivity index (χ0n) is 69.7. The molecule has 6 aliphatic carbocycles. The predicted molar refractivity (Wildman–Crippen MR) is 439 cm³/mol. The van der Waals surface area contributed by atoms with Gasteiger partial charge >= 0.3 is 30.9 Å². The minimum atomic E-state index is -4.28. The van der Waals surface area contributed by atoms with Crippen LogP contribution in [0.25, 0.3) is 0 Å². The predicted octanol–water partition coefficient (Wildman–Crippen LogP) is 22.1. The molecule has 0 radical (unpaired) electrons. The molecule has 0 amide bonds. The van der Waals surface area contributed by atoms with Crippen molar-refractivity contribution in [1.82, 2.24) is 0 Å². The fourth-order valence-corrected chi connectivity index (χ4v) is 15.3. The van der Waals surface area contributed by atoms with Crippen molar-refractivity contribution in [2.75, 3.05) is 77.3 Å². The zero-order chi connectivity index (χ0) is 86.5. The second kappa shape index (κ2) is 56.1. The molecule has 15 rings (SSSR count). The van der Waals surface area contributed by atoms with Crippen molar-refractivity contribution < 1.29 is 105 Å². The number of hydrogen-bond acceptors (Lipinski definition) is 20. The average molecular weight is 1730 g/mol. The molecule has 9 aliphatic heterocycles. The Bertz CT molecular complexity index is 2850. The van der Waals surface area contributed by atoms with Gasteiger partial charge in [-0.3, -0.25) is 30.0 Å². The van der Waals surface area contributed by atoms with Crippen molar-refractivity contribution in [3.05, 3.63) is 23.8 Å². The van der Waals surface area contributed by atoms with E-state index in [9.17, 15) is 71.0 Å². The summed E-state index contributed by atoms with van der Waals surface area (Å²) in [4.78, 5) is 34.7. The maximum absolute atomic E-state index is 11.8. The summed E-state index contributed by atoms with van der Waals surface area (Å²) in [7, 11) is 0. The highest BCUT2D eigenvalue weighted by Crippen LogP contribution is 2.43. The number of nitrogens with zero attached hydrogens (tertiary/aromatic N) is 9. The van der Waals surface area contributed by atoms with E-state index in [1.807, 2.05) is 25.6 Å². The summed E-state index contributed by atoms with van der Waals surface area (Å²) in [6, 6.07) is -3.11. The molecule has 2 bridgehead atoms. The Morgan fingerprint density at radius 3 is 1.29 bits per heavy atom. The number of ether oxygens (including phenoxy) is 3. The Hall–Kier alpha value is -4.61. The highest BCUT2D eigenvalue weighted by Gasteiger charge is 2.47. The van der Waals surface area contributed by atoms with Gasteiger partial charge in [0.25, 0.3) is 0 Å². The molecule has 0 aromatic carbocycles. The molecule has 115 heavy (non-hydrogen) atoms. The molecule has 35 heteroatoms. The average Bonchev–Trinajstić information content (AvgIpc) is 1.70. The van der Waals surface area contributed by atoms with Crippen LogP contribution < -0.4 is 0 Å². The third-order valence-corrected chi connectivity index (χ3v) is 23.5. The van der Waals surface area contributed by atoms with Crippen LogP contribution in [0.4, 0.5) is 65.9 Å². The van der Waals surface area contributed by atoms with Gasteiger partial charge < -0.3 is 39.2 Å². The van der Waals surface area contributed by atoms with Gasteiger partial charge in [0.05, 0.1) is 52.3 Å². The molecule has 3 N–H and O–H groups in total. The minimum Gasteiger partial charge on any atom is -0.479 e. The highest BCUT2D eigenvalue weighted by atomic mass is 32.2. The van der Waals surface area contributed by atoms with Crippen LogP contribution in [0.15, 0.2) is 69.1 Å². The molecule has 14 atom stereocenters. The van der Waals surface area contributed by atoms with E-state index < -0.39 is 60.4 Å². The number of rotatable bonds is 2. The maximum atomic E-state index is 11.8. The molecule has 0 aromatic rings. The van der Waals surface area contributed by atoms with Crippen molar-refractivity contribution in [3.63, 3.8) is 0 Å². The number of aliphatic imine (C=N–C) groups is 7. The Morgan fingerprint density at radius 1 is 0.470 bits per heavy atom. The van der Waals surface area contributed by atoms with Gasteiger partial charge in [0.2, 0.25) is 12.2 Å². The first-order valence-corrected chi connectivity index (χ1v) is 43.1. The van der Waals surface area contributed by atoms with Crippen LogP contribution >= 0.6 is 35.3 Å². The molecule has 17 nitrogen and oxygen atoms in total. The molecular weight excluding hydrogens is 1600 g/mol. The van der Waals surface area contributed by atoms with Crippen molar-refractivity contribution in [2.45, 2.75) is 305 Å². The molecule has 0 spiro atoms. The Balaban J connectivity index is 0.000000421. The number of oxime groups is 2. The van der Waals surface area contributed by atoms with Crippen LogP contribution in [-0.4, -0.2) is 209 Å². The Kier molecular flexibility index (Phi) is 51.9. The Morgan fingerprint density at radius 2 is 1.08 bits per heavy atom. The van der Waals surface area contributed by atoms with E-state index in [-0.39, 0.29) is 49.8 Å². The minimum absolute atomic E-state index is 0.00347. The summed E-state index contributed by atoms with van der Waals surface area (Å²) in [5.41, 5.74) is 4.42. The number of alkyl halides is 15. The molecule has 0 aromatic heterocycles. The SMILES string of the molecule is CC1=CCCCC1.CC1=NC(C(F)(F)F)CO1.CC1=NC(C(F)(F)F)CS1.CC1=NCC(C(F)(F)F)O1.CC1=NCC(C(F)(F)F)S1.CC1=NCCC1.CC1=NCCO1.CC1=NCCS1.CC1=NOC(C(F)(F)F)C1.CC1=NOCC1.CC1CC2C=CC1C2.CC1CCCC[C@@H]1CO.CC1CCCC[C@H]1CO.CC1CCCC[C@H]1O.